The summed E-state index contributed by atoms with van der Waals surface area (Å²) in [6, 6.07) is 5.99. The number of thiazole rings is 1. The molecule has 23 heavy (non-hydrogen) atoms. The van der Waals surface area contributed by atoms with Crippen LogP contribution in [-0.4, -0.2) is 34.9 Å². The van der Waals surface area contributed by atoms with Crippen LogP contribution in [0, 0.1) is 0 Å². The van der Waals surface area contributed by atoms with E-state index < -0.39 is 10.0 Å². The largest absolute Gasteiger partial charge is 0.250 e. The van der Waals surface area contributed by atoms with Crippen molar-refractivity contribution in [1.82, 2.24) is 24.7 Å². The Labute approximate surface area is 142 Å². The molecular formula is C13H12ClN5O2S2. The number of rotatable bonds is 6. The van der Waals surface area contributed by atoms with Gasteiger partial charge in [0.2, 0.25) is 10.0 Å². The molecule has 1 N–H and O–H groups in total. The van der Waals surface area contributed by atoms with Crippen LogP contribution in [0.15, 0.2) is 46.9 Å². The van der Waals surface area contributed by atoms with Crippen molar-refractivity contribution in [2.75, 3.05) is 6.54 Å². The summed E-state index contributed by atoms with van der Waals surface area (Å²) >= 11 is 7.22. The SMILES string of the molecule is O=S(=O)(NCCn1cc(-c2nccs2)nn1)c1ccc(Cl)cc1. The van der Waals surface area contributed by atoms with Crippen molar-refractivity contribution in [2.45, 2.75) is 11.4 Å². The van der Waals surface area contributed by atoms with E-state index in [1.807, 2.05) is 5.38 Å². The van der Waals surface area contributed by atoms with Gasteiger partial charge in [-0.25, -0.2) is 18.1 Å². The average molecular weight is 370 g/mol. The Hall–Kier alpha value is -1.81. The zero-order valence-corrected chi connectivity index (χ0v) is 14.1. The van der Waals surface area contributed by atoms with Gasteiger partial charge in [0.1, 0.15) is 10.7 Å². The van der Waals surface area contributed by atoms with Gasteiger partial charge in [-0.3, -0.25) is 4.68 Å². The first kappa shape index (κ1) is 16.1. The van der Waals surface area contributed by atoms with Crippen LogP contribution in [0.2, 0.25) is 5.02 Å². The van der Waals surface area contributed by atoms with Crippen molar-refractivity contribution in [2.24, 2.45) is 0 Å². The van der Waals surface area contributed by atoms with E-state index in [0.717, 1.165) is 5.01 Å². The molecule has 0 aliphatic heterocycles. The second-order valence-electron chi connectivity index (χ2n) is 4.56. The fourth-order valence-corrected chi connectivity index (χ4v) is 3.58. The van der Waals surface area contributed by atoms with Gasteiger partial charge in [0, 0.05) is 23.1 Å². The quantitative estimate of drug-likeness (QED) is 0.718. The first-order valence-corrected chi connectivity index (χ1v) is 9.34. The Morgan fingerprint density at radius 1 is 1.26 bits per heavy atom. The first-order chi connectivity index (χ1) is 11.0. The van der Waals surface area contributed by atoms with Crippen molar-refractivity contribution >= 4 is 33.0 Å². The number of benzene rings is 1. The molecule has 3 aromatic rings. The van der Waals surface area contributed by atoms with Gasteiger partial charge in [0.15, 0.2) is 0 Å². The summed E-state index contributed by atoms with van der Waals surface area (Å²) in [5, 5.41) is 11.1. The van der Waals surface area contributed by atoms with E-state index in [1.54, 1.807) is 17.1 Å². The fraction of sp³-hybridized carbons (Fsp3) is 0.154. The van der Waals surface area contributed by atoms with E-state index in [9.17, 15) is 8.42 Å². The van der Waals surface area contributed by atoms with Crippen LogP contribution >= 0.6 is 22.9 Å². The lowest BCUT2D eigenvalue weighted by Gasteiger charge is -2.06. The zero-order chi connectivity index (χ0) is 16.3. The molecule has 0 bridgehead atoms. The molecule has 0 unspecified atom stereocenters. The summed E-state index contributed by atoms with van der Waals surface area (Å²) in [4.78, 5) is 4.32. The van der Waals surface area contributed by atoms with Gasteiger partial charge in [-0.2, -0.15) is 0 Å². The monoisotopic (exact) mass is 369 g/mol. The van der Waals surface area contributed by atoms with Crippen LogP contribution in [0.1, 0.15) is 0 Å². The predicted molar refractivity (Wildman–Crippen MR) is 87.8 cm³/mol. The van der Waals surface area contributed by atoms with Crippen LogP contribution in [0.3, 0.4) is 0 Å². The van der Waals surface area contributed by atoms with Gasteiger partial charge in [-0.1, -0.05) is 16.8 Å². The lowest BCUT2D eigenvalue weighted by atomic mass is 10.4. The van der Waals surface area contributed by atoms with Crippen LogP contribution in [0.5, 0.6) is 0 Å². The lowest BCUT2D eigenvalue weighted by molar-refractivity contribution is 0.553. The average Bonchev–Trinajstić information content (AvgIpc) is 3.18. The first-order valence-electron chi connectivity index (χ1n) is 6.60. The molecule has 2 heterocycles. The molecule has 0 saturated carbocycles. The summed E-state index contributed by atoms with van der Waals surface area (Å²) in [5.41, 5.74) is 0.667. The summed E-state index contributed by atoms with van der Waals surface area (Å²) in [7, 11) is -3.56. The molecule has 0 aliphatic carbocycles. The summed E-state index contributed by atoms with van der Waals surface area (Å²) in [6.07, 6.45) is 3.43. The highest BCUT2D eigenvalue weighted by Gasteiger charge is 2.13. The third-order valence-electron chi connectivity index (χ3n) is 2.95. The maximum atomic E-state index is 12.1. The number of nitrogens with one attached hydrogen (secondary N) is 1. The molecule has 2 aromatic heterocycles. The fourth-order valence-electron chi connectivity index (χ4n) is 1.85. The minimum absolute atomic E-state index is 0.170. The summed E-state index contributed by atoms with van der Waals surface area (Å²) < 4.78 is 28.3. The highest BCUT2D eigenvalue weighted by atomic mass is 35.5. The molecule has 0 amide bonds. The third kappa shape index (κ3) is 3.94. The maximum Gasteiger partial charge on any atom is 0.240 e. The van der Waals surface area contributed by atoms with Crippen molar-refractivity contribution in [3.63, 3.8) is 0 Å². The highest BCUT2D eigenvalue weighted by Crippen LogP contribution is 2.18. The topological polar surface area (TPSA) is 89.8 Å². The molecular weight excluding hydrogens is 358 g/mol. The molecule has 0 aliphatic rings. The Balaban J connectivity index is 1.60. The van der Waals surface area contributed by atoms with Gasteiger partial charge in [0.05, 0.1) is 17.6 Å². The van der Waals surface area contributed by atoms with E-state index in [-0.39, 0.29) is 11.4 Å². The van der Waals surface area contributed by atoms with Crippen LogP contribution in [0.25, 0.3) is 10.7 Å². The van der Waals surface area contributed by atoms with Crippen molar-refractivity contribution in [3.8, 4) is 10.7 Å². The van der Waals surface area contributed by atoms with Crippen molar-refractivity contribution in [1.29, 1.82) is 0 Å². The van der Waals surface area contributed by atoms with Gasteiger partial charge >= 0.3 is 0 Å². The van der Waals surface area contributed by atoms with Crippen LogP contribution in [0.4, 0.5) is 0 Å². The van der Waals surface area contributed by atoms with Gasteiger partial charge in [-0.15, -0.1) is 16.4 Å². The molecule has 10 heteroatoms. The van der Waals surface area contributed by atoms with E-state index in [4.69, 9.17) is 11.6 Å². The molecule has 0 spiro atoms. The Morgan fingerprint density at radius 2 is 2.04 bits per heavy atom. The number of nitrogens with zero attached hydrogens (tertiary/aromatic N) is 4. The molecule has 0 saturated heterocycles. The summed E-state index contributed by atoms with van der Waals surface area (Å²) in [6.45, 7) is 0.566. The number of hydrogen-bond donors (Lipinski definition) is 1. The number of sulfonamides is 1. The standard InChI is InChI=1S/C13H12ClN5O2S2/c14-10-1-3-11(4-2-10)23(20,21)16-5-7-19-9-12(17-18-19)13-15-6-8-22-13/h1-4,6,8-9,16H,5,7H2. The molecule has 3 rings (SSSR count). The van der Waals surface area contributed by atoms with E-state index in [1.165, 1.54) is 35.6 Å². The minimum atomic E-state index is -3.56. The Bertz CT molecular complexity index is 875. The lowest BCUT2D eigenvalue weighted by Crippen LogP contribution is -2.27. The van der Waals surface area contributed by atoms with Gasteiger partial charge in [-0.05, 0) is 24.3 Å². The zero-order valence-electron chi connectivity index (χ0n) is 11.8. The molecule has 0 fully saturated rings. The predicted octanol–water partition coefficient (Wildman–Crippen LogP) is 2.03. The molecule has 7 nitrogen and oxygen atoms in total. The maximum absolute atomic E-state index is 12.1. The van der Waals surface area contributed by atoms with Gasteiger partial charge < -0.3 is 0 Å². The van der Waals surface area contributed by atoms with Crippen molar-refractivity contribution < 1.29 is 8.42 Å². The van der Waals surface area contributed by atoms with Gasteiger partial charge in [0.25, 0.3) is 0 Å². The number of aromatic nitrogens is 4. The Kier molecular flexibility index (Phi) is 4.71. The summed E-state index contributed by atoms with van der Waals surface area (Å²) in [5.74, 6) is 0. The smallest absolute Gasteiger partial charge is 0.240 e. The normalized spacial score (nSPS) is 11.7. The minimum Gasteiger partial charge on any atom is -0.250 e. The Morgan fingerprint density at radius 3 is 2.74 bits per heavy atom. The number of halogens is 1. The second kappa shape index (κ2) is 6.75. The number of hydrogen-bond acceptors (Lipinski definition) is 6. The molecule has 0 radical (unpaired) electrons. The van der Waals surface area contributed by atoms with Crippen LogP contribution < -0.4 is 4.72 Å². The molecule has 1 aromatic carbocycles. The molecule has 120 valence electrons. The highest BCUT2D eigenvalue weighted by molar-refractivity contribution is 7.89. The third-order valence-corrected chi connectivity index (χ3v) is 5.47. The van der Waals surface area contributed by atoms with Crippen molar-refractivity contribution in [3.05, 3.63) is 47.1 Å². The molecule has 0 atom stereocenters. The second-order valence-corrected chi connectivity index (χ2v) is 7.65. The van der Waals surface area contributed by atoms with E-state index >= 15 is 0 Å². The van der Waals surface area contributed by atoms with Crippen LogP contribution in [-0.2, 0) is 16.6 Å². The van der Waals surface area contributed by atoms with E-state index in [2.05, 4.69) is 20.0 Å². The van der Waals surface area contributed by atoms with E-state index in [0.29, 0.717) is 17.3 Å².